The fraction of sp³-hybridized carbons (Fsp3) is 0.310. The standard InChI is InChI=1S/C29H26F3N5O4S2/c1-35(27-21(15-33)16-34-28-26(27)10-11-37(28)43(40,41)24-7-3-2-4-8-24)23-12-19-17-36(18-20(19)13-23)42(38,39)25-9-5-6-22(14-25)29(30,31)32/h2-11,14,16,19-20,23H,12-13,17-18H2,1H3/t19-,20+,23+. The van der Waals surface area contributed by atoms with Gasteiger partial charge in [0.25, 0.3) is 10.0 Å². The molecule has 1 aliphatic heterocycles. The molecule has 2 aromatic heterocycles. The second-order valence-electron chi connectivity index (χ2n) is 10.9. The van der Waals surface area contributed by atoms with Gasteiger partial charge in [0, 0.05) is 44.0 Å². The van der Waals surface area contributed by atoms with E-state index >= 15 is 0 Å². The Hall–Kier alpha value is -3.93. The molecule has 43 heavy (non-hydrogen) atoms. The molecule has 0 unspecified atom stereocenters. The molecule has 1 saturated carbocycles. The van der Waals surface area contributed by atoms with Gasteiger partial charge in [-0.1, -0.05) is 24.3 Å². The number of fused-ring (bicyclic) bond motifs is 2. The van der Waals surface area contributed by atoms with E-state index in [1.54, 1.807) is 24.3 Å². The molecule has 6 rings (SSSR count). The minimum atomic E-state index is -4.65. The van der Waals surface area contributed by atoms with Crippen molar-refractivity contribution in [3.63, 3.8) is 0 Å². The number of nitrogens with zero attached hydrogens (tertiary/aromatic N) is 5. The summed E-state index contributed by atoms with van der Waals surface area (Å²) in [5, 5.41) is 10.4. The number of nitriles is 1. The molecule has 224 valence electrons. The van der Waals surface area contributed by atoms with E-state index in [4.69, 9.17) is 0 Å². The summed E-state index contributed by atoms with van der Waals surface area (Å²) in [5.41, 5.74) is -0.0260. The van der Waals surface area contributed by atoms with Crippen LogP contribution < -0.4 is 4.90 Å². The zero-order chi connectivity index (χ0) is 30.7. The Labute approximate surface area is 246 Å². The molecular weight excluding hydrogens is 603 g/mol. The van der Waals surface area contributed by atoms with Gasteiger partial charge in [-0.15, -0.1) is 0 Å². The third kappa shape index (κ3) is 4.95. The average Bonchev–Trinajstić information content (AvgIpc) is 3.70. The molecule has 0 bridgehead atoms. The van der Waals surface area contributed by atoms with Crippen molar-refractivity contribution in [1.82, 2.24) is 13.3 Å². The molecule has 9 nitrogen and oxygen atoms in total. The highest BCUT2D eigenvalue weighted by Gasteiger charge is 2.46. The van der Waals surface area contributed by atoms with Crippen LogP contribution in [0.4, 0.5) is 18.9 Å². The van der Waals surface area contributed by atoms with Crippen molar-refractivity contribution in [3.05, 3.63) is 84.2 Å². The van der Waals surface area contributed by atoms with Gasteiger partial charge in [-0.3, -0.25) is 0 Å². The van der Waals surface area contributed by atoms with Crippen LogP contribution in [-0.2, 0) is 26.2 Å². The number of hydrogen-bond donors (Lipinski definition) is 0. The van der Waals surface area contributed by atoms with E-state index in [0.29, 0.717) is 30.0 Å². The summed E-state index contributed by atoms with van der Waals surface area (Å²) in [7, 11) is -6.24. The normalized spacial score (nSPS) is 21.1. The van der Waals surface area contributed by atoms with Crippen LogP contribution in [-0.4, -0.2) is 56.3 Å². The van der Waals surface area contributed by atoms with Crippen LogP contribution >= 0.6 is 0 Å². The van der Waals surface area contributed by atoms with Crippen LogP contribution in [0.25, 0.3) is 11.0 Å². The van der Waals surface area contributed by atoms with E-state index in [2.05, 4.69) is 11.1 Å². The van der Waals surface area contributed by atoms with E-state index in [1.165, 1.54) is 34.9 Å². The topological polar surface area (TPSA) is 116 Å². The number of pyridine rings is 1. The van der Waals surface area contributed by atoms with Gasteiger partial charge in [0.15, 0.2) is 5.65 Å². The predicted octanol–water partition coefficient (Wildman–Crippen LogP) is 4.70. The molecule has 1 aliphatic carbocycles. The number of benzene rings is 2. The number of hydrogen-bond acceptors (Lipinski definition) is 7. The fourth-order valence-electron chi connectivity index (χ4n) is 6.31. The molecule has 3 heterocycles. The maximum absolute atomic E-state index is 13.4. The van der Waals surface area contributed by atoms with E-state index in [0.717, 1.165) is 16.1 Å². The Morgan fingerprint density at radius 2 is 1.58 bits per heavy atom. The lowest BCUT2D eigenvalue weighted by atomic mass is 10.0. The second-order valence-corrected chi connectivity index (χ2v) is 14.7. The maximum atomic E-state index is 13.4. The van der Waals surface area contributed by atoms with Gasteiger partial charge in [-0.05, 0) is 61.1 Å². The van der Waals surface area contributed by atoms with Crippen LogP contribution in [0, 0.1) is 23.2 Å². The molecular formula is C29H26F3N5O4S2. The largest absolute Gasteiger partial charge is 0.416 e. The molecule has 2 aromatic carbocycles. The first kappa shape index (κ1) is 29.2. The molecule has 3 atom stereocenters. The highest BCUT2D eigenvalue weighted by Crippen LogP contribution is 2.44. The van der Waals surface area contributed by atoms with Crippen molar-refractivity contribution in [2.45, 2.75) is 34.9 Å². The van der Waals surface area contributed by atoms with E-state index < -0.39 is 31.8 Å². The number of halogens is 3. The second kappa shape index (κ2) is 10.4. The number of anilines is 1. The number of sulfonamides is 1. The fourth-order valence-corrected chi connectivity index (χ4v) is 9.24. The molecule has 0 spiro atoms. The summed E-state index contributed by atoms with van der Waals surface area (Å²) in [6, 6.07) is 15.4. The maximum Gasteiger partial charge on any atom is 0.416 e. The molecule has 1 saturated heterocycles. The molecule has 4 aromatic rings. The number of alkyl halides is 3. The third-order valence-corrected chi connectivity index (χ3v) is 12.0. The third-order valence-electron chi connectivity index (χ3n) is 8.47. The minimum absolute atomic E-state index is 0.0288. The van der Waals surface area contributed by atoms with Crippen molar-refractivity contribution in [2.75, 3.05) is 25.0 Å². The van der Waals surface area contributed by atoms with Gasteiger partial charge < -0.3 is 4.90 Å². The monoisotopic (exact) mass is 629 g/mol. The molecule has 0 radical (unpaired) electrons. The summed E-state index contributed by atoms with van der Waals surface area (Å²) in [6.45, 7) is 0.353. The first-order chi connectivity index (χ1) is 20.3. The molecule has 2 fully saturated rings. The van der Waals surface area contributed by atoms with Gasteiger partial charge in [0.05, 0.1) is 26.6 Å². The minimum Gasteiger partial charge on any atom is -0.370 e. The van der Waals surface area contributed by atoms with Gasteiger partial charge in [-0.25, -0.2) is 25.8 Å². The van der Waals surface area contributed by atoms with E-state index in [9.17, 15) is 35.3 Å². The van der Waals surface area contributed by atoms with Crippen molar-refractivity contribution >= 4 is 36.8 Å². The van der Waals surface area contributed by atoms with Gasteiger partial charge in [-0.2, -0.15) is 22.7 Å². The summed E-state index contributed by atoms with van der Waals surface area (Å²) >= 11 is 0. The lowest BCUT2D eigenvalue weighted by molar-refractivity contribution is -0.137. The summed E-state index contributed by atoms with van der Waals surface area (Å²) in [6.07, 6.45) is -0.706. The zero-order valence-corrected chi connectivity index (χ0v) is 24.4. The van der Waals surface area contributed by atoms with Gasteiger partial charge >= 0.3 is 6.18 Å². The van der Waals surface area contributed by atoms with Crippen molar-refractivity contribution < 1.29 is 30.0 Å². The first-order valence-corrected chi connectivity index (χ1v) is 16.3. The van der Waals surface area contributed by atoms with Crippen molar-refractivity contribution in [2.24, 2.45) is 11.8 Å². The SMILES string of the molecule is CN(c1c(C#N)cnc2c1ccn2S(=O)(=O)c1ccccc1)[C@H]1C[C@@H]2CN(S(=O)(=O)c3cccc(C(F)(F)F)c3)C[C@@H]2C1. The Morgan fingerprint density at radius 1 is 0.930 bits per heavy atom. The molecule has 0 N–H and O–H groups in total. The van der Waals surface area contributed by atoms with E-state index in [-0.39, 0.29) is 52.0 Å². The average molecular weight is 630 g/mol. The number of rotatable bonds is 6. The van der Waals surface area contributed by atoms with E-state index in [1.807, 2.05) is 11.9 Å². The Bertz CT molecular complexity index is 1960. The lowest BCUT2D eigenvalue weighted by Gasteiger charge is -2.29. The van der Waals surface area contributed by atoms with Crippen molar-refractivity contribution in [1.29, 1.82) is 5.26 Å². The Balaban J connectivity index is 1.25. The summed E-state index contributed by atoms with van der Waals surface area (Å²) < 4.78 is 95.2. The lowest BCUT2D eigenvalue weighted by Crippen LogP contribution is -2.34. The Morgan fingerprint density at radius 3 is 2.21 bits per heavy atom. The van der Waals surface area contributed by atoms with Crippen LogP contribution in [0.15, 0.2) is 82.8 Å². The highest BCUT2D eigenvalue weighted by molar-refractivity contribution is 7.90. The smallest absolute Gasteiger partial charge is 0.370 e. The van der Waals surface area contributed by atoms with Crippen LogP contribution in [0.2, 0.25) is 0 Å². The van der Waals surface area contributed by atoms with Gasteiger partial charge in [0.1, 0.15) is 6.07 Å². The van der Waals surface area contributed by atoms with Crippen LogP contribution in [0.3, 0.4) is 0 Å². The summed E-state index contributed by atoms with van der Waals surface area (Å²) in [5.74, 6) is -0.0575. The summed E-state index contributed by atoms with van der Waals surface area (Å²) in [4.78, 5) is 5.96. The number of aromatic nitrogens is 2. The van der Waals surface area contributed by atoms with Crippen LogP contribution in [0.1, 0.15) is 24.0 Å². The predicted molar refractivity (Wildman–Crippen MR) is 152 cm³/mol. The highest BCUT2D eigenvalue weighted by atomic mass is 32.2. The zero-order valence-electron chi connectivity index (χ0n) is 22.8. The molecule has 2 aliphatic rings. The van der Waals surface area contributed by atoms with Gasteiger partial charge in [0.2, 0.25) is 10.0 Å². The quantitative estimate of drug-likeness (QED) is 0.304. The van der Waals surface area contributed by atoms with Crippen molar-refractivity contribution in [3.8, 4) is 6.07 Å². The Kier molecular flexibility index (Phi) is 7.02. The molecule has 0 amide bonds. The first-order valence-electron chi connectivity index (χ1n) is 13.4. The van der Waals surface area contributed by atoms with Crippen LogP contribution in [0.5, 0.6) is 0 Å². The molecule has 14 heteroatoms.